The van der Waals surface area contributed by atoms with E-state index < -0.39 is 0 Å². The Morgan fingerprint density at radius 1 is 1.39 bits per heavy atom. The fraction of sp³-hybridized carbons (Fsp3) is 0.308. The smallest absolute Gasteiger partial charge is 0.182 e. The Bertz CT molecular complexity index is 527. The molecular formula is C13H15FN2OS. The first-order valence-corrected chi connectivity index (χ1v) is 6.55. The van der Waals surface area contributed by atoms with Gasteiger partial charge in [0.15, 0.2) is 16.7 Å². The number of nitrogens with zero attached hydrogens (tertiary/aromatic N) is 1. The highest BCUT2D eigenvalue weighted by Gasteiger charge is 2.05. The van der Waals surface area contributed by atoms with Gasteiger partial charge in [-0.1, -0.05) is 6.07 Å². The molecule has 5 heteroatoms. The van der Waals surface area contributed by atoms with Crippen LogP contribution in [0.1, 0.15) is 11.3 Å². The van der Waals surface area contributed by atoms with Gasteiger partial charge in [0.05, 0.1) is 12.8 Å². The van der Waals surface area contributed by atoms with Gasteiger partial charge >= 0.3 is 0 Å². The third kappa shape index (κ3) is 2.98. The first-order valence-electron chi connectivity index (χ1n) is 5.67. The second-order valence-electron chi connectivity index (χ2n) is 3.86. The average molecular weight is 266 g/mol. The van der Waals surface area contributed by atoms with Crippen LogP contribution in [0.25, 0.3) is 0 Å². The van der Waals surface area contributed by atoms with Gasteiger partial charge in [0.25, 0.3) is 0 Å². The normalized spacial score (nSPS) is 10.4. The van der Waals surface area contributed by atoms with Gasteiger partial charge in [-0.3, -0.25) is 0 Å². The number of rotatable bonds is 5. The summed E-state index contributed by atoms with van der Waals surface area (Å²) in [5, 5.41) is 5.93. The summed E-state index contributed by atoms with van der Waals surface area (Å²) in [7, 11) is 3.31. The minimum atomic E-state index is -0.316. The summed E-state index contributed by atoms with van der Waals surface area (Å²) in [6, 6.07) is 5.06. The summed E-state index contributed by atoms with van der Waals surface area (Å²) < 4.78 is 18.4. The molecule has 0 atom stereocenters. The third-order valence-corrected chi connectivity index (χ3v) is 3.56. The lowest BCUT2D eigenvalue weighted by Gasteiger charge is -2.04. The van der Waals surface area contributed by atoms with E-state index in [2.05, 4.69) is 10.3 Å². The van der Waals surface area contributed by atoms with Gasteiger partial charge in [-0.2, -0.15) is 0 Å². The maximum atomic E-state index is 13.5. The van der Waals surface area contributed by atoms with Crippen molar-refractivity contribution < 1.29 is 9.13 Å². The van der Waals surface area contributed by atoms with Crippen molar-refractivity contribution in [3.63, 3.8) is 0 Å². The van der Waals surface area contributed by atoms with Gasteiger partial charge in [-0.05, 0) is 30.5 Å². The highest BCUT2D eigenvalue weighted by atomic mass is 32.1. The lowest BCUT2D eigenvalue weighted by Crippen LogP contribution is -1.95. The molecule has 0 saturated heterocycles. The number of benzene rings is 1. The fourth-order valence-electron chi connectivity index (χ4n) is 1.67. The molecule has 0 fully saturated rings. The molecule has 0 bridgehead atoms. The molecule has 0 aliphatic heterocycles. The Balaban J connectivity index is 1.99. The van der Waals surface area contributed by atoms with Crippen LogP contribution in [0.2, 0.25) is 0 Å². The van der Waals surface area contributed by atoms with Crippen LogP contribution in [-0.4, -0.2) is 19.1 Å². The van der Waals surface area contributed by atoms with Gasteiger partial charge in [0, 0.05) is 12.4 Å². The molecule has 1 N–H and O–H groups in total. The van der Waals surface area contributed by atoms with Crippen LogP contribution in [-0.2, 0) is 12.8 Å². The zero-order valence-corrected chi connectivity index (χ0v) is 11.2. The van der Waals surface area contributed by atoms with Crippen LogP contribution in [0, 0.1) is 5.82 Å². The molecule has 3 nitrogen and oxygen atoms in total. The number of hydrogen-bond acceptors (Lipinski definition) is 4. The van der Waals surface area contributed by atoms with Crippen molar-refractivity contribution >= 4 is 16.5 Å². The molecule has 18 heavy (non-hydrogen) atoms. The molecule has 0 radical (unpaired) electrons. The molecule has 0 aliphatic rings. The summed E-state index contributed by atoms with van der Waals surface area (Å²) >= 11 is 1.58. The zero-order chi connectivity index (χ0) is 13.0. The molecule has 0 aliphatic carbocycles. The maximum Gasteiger partial charge on any atom is 0.182 e. The van der Waals surface area contributed by atoms with Crippen molar-refractivity contribution in [2.45, 2.75) is 12.8 Å². The van der Waals surface area contributed by atoms with Crippen LogP contribution >= 0.6 is 11.3 Å². The molecule has 1 heterocycles. The van der Waals surface area contributed by atoms with Crippen LogP contribution < -0.4 is 10.1 Å². The standard InChI is InChI=1S/C13H15FN2OS/c1-15-13-16-10(8-18-13)5-3-9-4-6-12(17-2)11(14)7-9/h4,6-8H,3,5H2,1-2H3,(H,15,16). The maximum absolute atomic E-state index is 13.5. The van der Waals surface area contributed by atoms with Crippen molar-refractivity contribution in [3.8, 4) is 5.75 Å². The van der Waals surface area contributed by atoms with Gasteiger partial charge in [-0.15, -0.1) is 11.3 Å². The van der Waals surface area contributed by atoms with E-state index in [1.165, 1.54) is 13.2 Å². The molecule has 0 saturated carbocycles. The number of aryl methyl sites for hydroxylation is 2. The number of ether oxygens (including phenoxy) is 1. The van der Waals surface area contributed by atoms with Gasteiger partial charge in [-0.25, -0.2) is 9.37 Å². The Kier molecular flexibility index (Phi) is 4.15. The molecule has 0 spiro atoms. The Morgan fingerprint density at radius 3 is 2.83 bits per heavy atom. The second-order valence-corrected chi connectivity index (χ2v) is 4.72. The van der Waals surface area contributed by atoms with Crippen molar-refractivity contribution in [1.82, 2.24) is 4.98 Å². The number of methoxy groups -OCH3 is 1. The summed E-state index contributed by atoms with van der Waals surface area (Å²) in [5.74, 6) is -0.0333. The minimum Gasteiger partial charge on any atom is -0.494 e. The molecule has 96 valence electrons. The van der Waals surface area contributed by atoms with Gasteiger partial charge in [0.2, 0.25) is 0 Å². The number of anilines is 1. The van der Waals surface area contributed by atoms with E-state index >= 15 is 0 Å². The van der Waals surface area contributed by atoms with E-state index in [9.17, 15) is 4.39 Å². The first-order chi connectivity index (χ1) is 8.72. The highest BCUT2D eigenvalue weighted by molar-refractivity contribution is 7.13. The monoisotopic (exact) mass is 266 g/mol. The predicted molar refractivity (Wildman–Crippen MR) is 72.0 cm³/mol. The van der Waals surface area contributed by atoms with Crippen molar-refractivity contribution in [2.24, 2.45) is 0 Å². The van der Waals surface area contributed by atoms with Crippen LogP contribution in [0.3, 0.4) is 0 Å². The SMILES string of the molecule is CNc1nc(CCc2ccc(OC)c(F)c2)cs1. The second kappa shape index (κ2) is 5.82. The molecule has 2 aromatic rings. The lowest BCUT2D eigenvalue weighted by atomic mass is 10.1. The Morgan fingerprint density at radius 2 is 2.22 bits per heavy atom. The molecule has 1 aromatic heterocycles. The minimum absolute atomic E-state index is 0.282. The largest absolute Gasteiger partial charge is 0.494 e. The highest BCUT2D eigenvalue weighted by Crippen LogP contribution is 2.20. The van der Waals surface area contributed by atoms with E-state index in [0.29, 0.717) is 0 Å². The third-order valence-electron chi connectivity index (χ3n) is 2.65. The summed E-state index contributed by atoms with van der Waals surface area (Å²) in [4.78, 5) is 4.39. The van der Waals surface area contributed by atoms with E-state index in [1.54, 1.807) is 17.4 Å². The number of hydrogen-bond donors (Lipinski definition) is 1. The zero-order valence-electron chi connectivity index (χ0n) is 10.4. The van der Waals surface area contributed by atoms with E-state index in [0.717, 1.165) is 29.2 Å². The number of nitrogens with one attached hydrogen (secondary N) is 1. The molecule has 1 aromatic carbocycles. The van der Waals surface area contributed by atoms with Crippen LogP contribution in [0.4, 0.5) is 9.52 Å². The van der Waals surface area contributed by atoms with Gasteiger partial charge < -0.3 is 10.1 Å². The lowest BCUT2D eigenvalue weighted by molar-refractivity contribution is 0.386. The Labute approximate surface area is 110 Å². The predicted octanol–water partition coefficient (Wildman–Crippen LogP) is 3.12. The summed E-state index contributed by atoms with van der Waals surface area (Å²) in [5.41, 5.74) is 1.98. The van der Waals surface area contributed by atoms with Crippen molar-refractivity contribution in [1.29, 1.82) is 0 Å². The van der Waals surface area contributed by atoms with Crippen LogP contribution in [0.5, 0.6) is 5.75 Å². The number of halogens is 1. The number of aromatic nitrogens is 1. The molecule has 0 amide bonds. The quantitative estimate of drug-likeness (QED) is 0.903. The molecular weight excluding hydrogens is 251 g/mol. The number of thiazole rings is 1. The Hall–Kier alpha value is -1.62. The van der Waals surface area contributed by atoms with E-state index in [1.807, 2.05) is 18.5 Å². The molecule has 0 unspecified atom stereocenters. The average Bonchev–Trinajstić information content (AvgIpc) is 2.84. The fourth-order valence-corrected chi connectivity index (χ4v) is 2.38. The van der Waals surface area contributed by atoms with E-state index in [4.69, 9.17) is 4.74 Å². The van der Waals surface area contributed by atoms with E-state index in [-0.39, 0.29) is 11.6 Å². The van der Waals surface area contributed by atoms with Crippen molar-refractivity contribution in [3.05, 3.63) is 40.7 Å². The first kappa shape index (κ1) is 12.8. The summed E-state index contributed by atoms with van der Waals surface area (Å²) in [6.07, 6.45) is 1.58. The summed E-state index contributed by atoms with van der Waals surface area (Å²) in [6.45, 7) is 0. The topological polar surface area (TPSA) is 34.2 Å². The van der Waals surface area contributed by atoms with Gasteiger partial charge in [0.1, 0.15) is 0 Å². The van der Waals surface area contributed by atoms with Crippen LogP contribution in [0.15, 0.2) is 23.6 Å². The molecule has 2 rings (SSSR count). The van der Waals surface area contributed by atoms with Crippen molar-refractivity contribution in [2.75, 3.05) is 19.5 Å².